The van der Waals surface area contributed by atoms with E-state index in [2.05, 4.69) is 27.4 Å². The molecule has 0 saturated heterocycles. The highest BCUT2D eigenvalue weighted by atomic mass is 16.5. The quantitative estimate of drug-likeness (QED) is 0.864. The van der Waals surface area contributed by atoms with Crippen LogP contribution in [0.25, 0.3) is 0 Å². The van der Waals surface area contributed by atoms with Crippen molar-refractivity contribution < 1.29 is 4.74 Å². The molecule has 4 heteroatoms. The van der Waals surface area contributed by atoms with E-state index in [1.807, 2.05) is 25.1 Å². The number of aryl methyl sites for hydroxylation is 1. The van der Waals surface area contributed by atoms with Gasteiger partial charge in [0.1, 0.15) is 5.82 Å². The molecule has 0 aliphatic carbocycles. The summed E-state index contributed by atoms with van der Waals surface area (Å²) in [6, 6.07) is 10.2. The van der Waals surface area contributed by atoms with Crippen LogP contribution in [0.3, 0.4) is 0 Å². The third-order valence-electron chi connectivity index (χ3n) is 2.89. The van der Waals surface area contributed by atoms with Gasteiger partial charge in [0.25, 0.3) is 0 Å². The van der Waals surface area contributed by atoms with Crippen LogP contribution in [-0.4, -0.2) is 23.7 Å². The van der Waals surface area contributed by atoms with Gasteiger partial charge in [-0.15, -0.1) is 0 Å². The highest BCUT2D eigenvalue weighted by Crippen LogP contribution is 2.16. The fourth-order valence-electron chi connectivity index (χ4n) is 1.91. The molecule has 0 fully saturated rings. The van der Waals surface area contributed by atoms with Gasteiger partial charge in [-0.05, 0) is 31.0 Å². The monoisotopic (exact) mass is 257 g/mol. The van der Waals surface area contributed by atoms with Crippen LogP contribution in [-0.2, 0) is 17.7 Å². The summed E-state index contributed by atoms with van der Waals surface area (Å²) in [5.41, 5.74) is 3.39. The number of hydrogen-bond donors (Lipinski definition) is 1. The van der Waals surface area contributed by atoms with Gasteiger partial charge in [-0.25, -0.2) is 9.97 Å². The number of hydrogen-bond acceptors (Lipinski definition) is 4. The number of benzene rings is 1. The van der Waals surface area contributed by atoms with Crippen LogP contribution in [0.15, 0.2) is 36.5 Å². The van der Waals surface area contributed by atoms with E-state index in [1.54, 1.807) is 13.3 Å². The largest absolute Gasteiger partial charge is 0.384 e. The summed E-state index contributed by atoms with van der Waals surface area (Å²) in [6.07, 6.45) is 2.69. The fraction of sp³-hybridized carbons (Fsp3) is 0.333. The van der Waals surface area contributed by atoms with E-state index in [4.69, 9.17) is 4.74 Å². The van der Waals surface area contributed by atoms with Crippen molar-refractivity contribution in [2.24, 2.45) is 0 Å². The number of aromatic nitrogens is 2. The van der Waals surface area contributed by atoms with E-state index in [9.17, 15) is 0 Å². The minimum absolute atomic E-state index is 0.702. The number of methoxy groups -OCH3 is 1. The lowest BCUT2D eigenvalue weighted by Crippen LogP contribution is -2.06. The Morgan fingerprint density at radius 3 is 2.84 bits per heavy atom. The molecule has 0 radical (unpaired) electrons. The molecule has 4 nitrogen and oxygen atoms in total. The second-order valence-corrected chi connectivity index (χ2v) is 4.35. The van der Waals surface area contributed by atoms with Crippen molar-refractivity contribution >= 4 is 5.69 Å². The predicted octanol–water partition coefficient (Wildman–Crippen LogP) is 2.59. The second-order valence-electron chi connectivity index (χ2n) is 4.35. The van der Waals surface area contributed by atoms with Gasteiger partial charge in [0, 0.05) is 19.0 Å². The Hall–Kier alpha value is -1.94. The van der Waals surface area contributed by atoms with E-state index in [-0.39, 0.29) is 0 Å². The average molecular weight is 257 g/mol. The first-order chi connectivity index (χ1) is 9.29. The molecule has 1 aromatic carbocycles. The average Bonchev–Trinajstić information content (AvgIpc) is 2.44. The normalized spacial score (nSPS) is 10.4. The van der Waals surface area contributed by atoms with Crippen molar-refractivity contribution in [3.63, 3.8) is 0 Å². The molecule has 1 N–H and O–H groups in total. The molecule has 0 spiro atoms. The molecule has 0 unspecified atom stereocenters. The number of para-hydroxylation sites is 1. The molecule has 1 heterocycles. The highest BCUT2D eigenvalue weighted by molar-refractivity contribution is 5.51. The Labute approximate surface area is 113 Å². The Balaban J connectivity index is 2.02. The summed E-state index contributed by atoms with van der Waals surface area (Å²) in [4.78, 5) is 8.48. The molecular weight excluding hydrogens is 238 g/mol. The first kappa shape index (κ1) is 13.5. The van der Waals surface area contributed by atoms with Gasteiger partial charge in [-0.1, -0.05) is 18.2 Å². The lowest BCUT2D eigenvalue weighted by molar-refractivity contribution is 0.202. The highest BCUT2D eigenvalue weighted by Gasteiger charge is 2.02. The molecule has 0 aliphatic rings. The van der Waals surface area contributed by atoms with Crippen LogP contribution >= 0.6 is 0 Å². The van der Waals surface area contributed by atoms with Crippen LogP contribution < -0.4 is 5.32 Å². The topological polar surface area (TPSA) is 47.0 Å². The minimum atomic E-state index is 0.702. The molecule has 0 saturated carbocycles. The number of rotatable bonds is 6. The number of anilines is 1. The summed E-state index contributed by atoms with van der Waals surface area (Å²) >= 11 is 0. The van der Waals surface area contributed by atoms with E-state index < -0.39 is 0 Å². The van der Waals surface area contributed by atoms with Gasteiger partial charge < -0.3 is 10.1 Å². The molecule has 2 rings (SSSR count). The van der Waals surface area contributed by atoms with E-state index >= 15 is 0 Å². The predicted molar refractivity (Wildman–Crippen MR) is 76.1 cm³/mol. The Bertz CT molecular complexity index is 528. The molecule has 19 heavy (non-hydrogen) atoms. The zero-order valence-electron chi connectivity index (χ0n) is 11.4. The Kier molecular flexibility index (Phi) is 4.86. The van der Waals surface area contributed by atoms with Crippen molar-refractivity contribution in [2.75, 3.05) is 19.0 Å². The molecule has 0 bridgehead atoms. The fourth-order valence-corrected chi connectivity index (χ4v) is 1.91. The summed E-state index contributed by atoms with van der Waals surface area (Å²) in [5, 5.41) is 3.42. The standard InChI is InChI=1S/C15H19N3O/c1-12-16-9-7-14(18-12)11-17-15-6-4-3-5-13(15)8-10-19-2/h3-7,9,17H,8,10-11H2,1-2H3. The molecular formula is C15H19N3O. The minimum Gasteiger partial charge on any atom is -0.384 e. The van der Waals surface area contributed by atoms with Crippen LogP contribution in [0.1, 0.15) is 17.1 Å². The number of nitrogens with zero attached hydrogens (tertiary/aromatic N) is 2. The van der Waals surface area contributed by atoms with Crippen molar-refractivity contribution in [3.05, 3.63) is 53.6 Å². The first-order valence-electron chi connectivity index (χ1n) is 6.39. The van der Waals surface area contributed by atoms with Gasteiger partial charge >= 0.3 is 0 Å². The van der Waals surface area contributed by atoms with Crippen molar-refractivity contribution in [1.82, 2.24) is 9.97 Å². The second kappa shape index (κ2) is 6.85. The lowest BCUT2D eigenvalue weighted by Gasteiger charge is -2.11. The first-order valence-corrected chi connectivity index (χ1v) is 6.39. The molecule has 100 valence electrons. The summed E-state index contributed by atoms with van der Waals surface area (Å²) in [7, 11) is 1.72. The number of nitrogens with one attached hydrogen (secondary N) is 1. The molecule has 2 aromatic rings. The molecule has 1 aromatic heterocycles. The van der Waals surface area contributed by atoms with Crippen LogP contribution in [0.5, 0.6) is 0 Å². The summed E-state index contributed by atoms with van der Waals surface area (Å²) in [5.74, 6) is 0.798. The van der Waals surface area contributed by atoms with E-state index in [1.165, 1.54) is 5.56 Å². The van der Waals surface area contributed by atoms with Gasteiger partial charge in [0.2, 0.25) is 0 Å². The van der Waals surface area contributed by atoms with Crippen molar-refractivity contribution in [3.8, 4) is 0 Å². The van der Waals surface area contributed by atoms with Crippen LogP contribution in [0.4, 0.5) is 5.69 Å². The van der Waals surface area contributed by atoms with Gasteiger partial charge in [-0.3, -0.25) is 0 Å². The zero-order valence-corrected chi connectivity index (χ0v) is 11.4. The van der Waals surface area contributed by atoms with E-state index in [0.29, 0.717) is 6.54 Å². The maximum Gasteiger partial charge on any atom is 0.125 e. The van der Waals surface area contributed by atoms with E-state index in [0.717, 1.165) is 30.2 Å². The molecule has 0 atom stereocenters. The lowest BCUT2D eigenvalue weighted by atomic mass is 10.1. The Morgan fingerprint density at radius 2 is 2.05 bits per heavy atom. The SMILES string of the molecule is COCCc1ccccc1NCc1ccnc(C)n1. The maximum absolute atomic E-state index is 5.13. The van der Waals surface area contributed by atoms with Crippen molar-refractivity contribution in [2.45, 2.75) is 19.9 Å². The van der Waals surface area contributed by atoms with Gasteiger partial charge in [0.15, 0.2) is 0 Å². The smallest absolute Gasteiger partial charge is 0.125 e. The van der Waals surface area contributed by atoms with Gasteiger partial charge in [-0.2, -0.15) is 0 Å². The number of ether oxygens (including phenoxy) is 1. The van der Waals surface area contributed by atoms with Crippen LogP contribution in [0, 0.1) is 6.92 Å². The zero-order chi connectivity index (χ0) is 13.5. The Morgan fingerprint density at radius 1 is 1.21 bits per heavy atom. The maximum atomic E-state index is 5.13. The third kappa shape index (κ3) is 4.03. The molecule has 0 aliphatic heterocycles. The summed E-state index contributed by atoms with van der Waals surface area (Å²) in [6.45, 7) is 3.33. The molecule has 0 amide bonds. The van der Waals surface area contributed by atoms with Crippen molar-refractivity contribution in [1.29, 1.82) is 0 Å². The summed E-state index contributed by atoms with van der Waals surface area (Å²) < 4.78 is 5.13. The van der Waals surface area contributed by atoms with Crippen LogP contribution in [0.2, 0.25) is 0 Å². The van der Waals surface area contributed by atoms with Gasteiger partial charge in [0.05, 0.1) is 18.8 Å². The third-order valence-corrected chi connectivity index (χ3v) is 2.89.